The topological polar surface area (TPSA) is 67.2 Å². The van der Waals surface area contributed by atoms with E-state index in [9.17, 15) is 4.79 Å². The van der Waals surface area contributed by atoms with E-state index in [1.165, 1.54) is 0 Å². The number of halogens is 1. The Morgan fingerprint density at radius 3 is 2.92 bits per heavy atom. The highest BCUT2D eigenvalue weighted by molar-refractivity contribution is 9.10. The van der Waals surface area contributed by atoms with Gasteiger partial charge in [0.1, 0.15) is 0 Å². The van der Waals surface area contributed by atoms with Gasteiger partial charge < -0.3 is 5.32 Å². The summed E-state index contributed by atoms with van der Waals surface area (Å²) in [5, 5.41) is 4.37. The second-order valence-corrected chi connectivity index (χ2v) is 7.45. The molecule has 124 valence electrons. The second-order valence-electron chi connectivity index (χ2n) is 5.45. The number of fused-ring (bicyclic) bond motifs is 1. The smallest absolute Gasteiger partial charge is 0.257 e. The van der Waals surface area contributed by atoms with Crippen molar-refractivity contribution in [2.45, 2.75) is 0 Å². The summed E-state index contributed by atoms with van der Waals surface area (Å²) < 4.78 is 0.901. The SMILES string of the molecule is O=C(NC1=NCCS1)c1cc(-c2cccnc2)nc2ccc(Br)cc12. The van der Waals surface area contributed by atoms with Gasteiger partial charge in [-0.1, -0.05) is 27.7 Å². The minimum Gasteiger partial charge on any atom is -0.301 e. The Bertz CT molecular complexity index is 991. The van der Waals surface area contributed by atoms with E-state index in [0.717, 1.165) is 33.2 Å². The first-order valence-corrected chi connectivity index (χ1v) is 9.48. The minimum absolute atomic E-state index is 0.177. The van der Waals surface area contributed by atoms with Crippen LogP contribution < -0.4 is 5.32 Å². The maximum Gasteiger partial charge on any atom is 0.257 e. The number of benzene rings is 1. The molecule has 0 unspecified atom stereocenters. The van der Waals surface area contributed by atoms with Crippen molar-refractivity contribution in [1.82, 2.24) is 15.3 Å². The van der Waals surface area contributed by atoms with E-state index in [1.807, 2.05) is 30.3 Å². The van der Waals surface area contributed by atoms with E-state index >= 15 is 0 Å². The molecule has 5 nitrogen and oxygen atoms in total. The fourth-order valence-corrected chi connectivity index (χ4v) is 3.71. The fourth-order valence-electron chi connectivity index (χ4n) is 2.62. The van der Waals surface area contributed by atoms with Crippen LogP contribution in [0, 0.1) is 0 Å². The van der Waals surface area contributed by atoms with Crippen molar-refractivity contribution in [3.05, 3.63) is 58.8 Å². The van der Waals surface area contributed by atoms with Gasteiger partial charge in [-0.3, -0.25) is 14.8 Å². The van der Waals surface area contributed by atoms with Gasteiger partial charge in [-0.2, -0.15) is 0 Å². The zero-order valence-corrected chi connectivity index (χ0v) is 15.5. The van der Waals surface area contributed by atoms with Crippen molar-refractivity contribution in [1.29, 1.82) is 0 Å². The van der Waals surface area contributed by atoms with Crippen molar-refractivity contribution >= 4 is 49.7 Å². The number of pyridine rings is 2. The lowest BCUT2D eigenvalue weighted by molar-refractivity contribution is 0.0979. The van der Waals surface area contributed by atoms with E-state index in [4.69, 9.17) is 0 Å². The fraction of sp³-hybridized carbons (Fsp3) is 0.111. The number of amides is 1. The molecule has 3 aromatic rings. The summed E-state index contributed by atoms with van der Waals surface area (Å²) in [6, 6.07) is 11.3. The Hall–Kier alpha value is -2.25. The molecule has 1 N–H and O–H groups in total. The van der Waals surface area contributed by atoms with Gasteiger partial charge in [0, 0.05) is 33.6 Å². The van der Waals surface area contributed by atoms with Crippen LogP contribution in [0.5, 0.6) is 0 Å². The highest BCUT2D eigenvalue weighted by atomic mass is 79.9. The summed E-state index contributed by atoms with van der Waals surface area (Å²) in [6.07, 6.45) is 3.45. The van der Waals surface area contributed by atoms with Gasteiger partial charge in [-0.05, 0) is 36.4 Å². The molecule has 25 heavy (non-hydrogen) atoms. The zero-order chi connectivity index (χ0) is 17.2. The molecule has 0 saturated carbocycles. The van der Waals surface area contributed by atoms with E-state index in [0.29, 0.717) is 16.4 Å². The van der Waals surface area contributed by atoms with Gasteiger partial charge in [0.15, 0.2) is 5.17 Å². The largest absolute Gasteiger partial charge is 0.301 e. The predicted molar refractivity (Wildman–Crippen MR) is 105 cm³/mol. The van der Waals surface area contributed by atoms with Crippen LogP contribution in [0.15, 0.2) is 58.3 Å². The van der Waals surface area contributed by atoms with Gasteiger partial charge in [0.25, 0.3) is 5.91 Å². The minimum atomic E-state index is -0.177. The average Bonchev–Trinajstić information content (AvgIpc) is 3.14. The summed E-state index contributed by atoms with van der Waals surface area (Å²) in [5.41, 5.74) is 2.92. The van der Waals surface area contributed by atoms with Gasteiger partial charge >= 0.3 is 0 Å². The maximum absolute atomic E-state index is 12.8. The van der Waals surface area contributed by atoms with Crippen molar-refractivity contribution in [3.8, 4) is 11.3 Å². The standard InChI is InChI=1S/C18H13BrN4OS/c19-12-3-4-15-13(8-12)14(17(24)23-18-21-6-7-25-18)9-16(22-15)11-2-1-5-20-10-11/h1-5,8-10H,6-7H2,(H,21,23,24). The monoisotopic (exact) mass is 412 g/mol. The molecule has 1 aliphatic heterocycles. The molecule has 0 atom stereocenters. The molecule has 0 fully saturated rings. The molecule has 4 rings (SSSR count). The third-order valence-corrected chi connectivity index (χ3v) is 5.16. The zero-order valence-electron chi connectivity index (χ0n) is 13.1. The lowest BCUT2D eigenvalue weighted by Crippen LogP contribution is -2.27. The number of carbonyl (C=O) groups excluding carboxylic acids is 1. The normalized spacial score (nSPS) is 13.7. The van der Waals surface area contributed by atoms with Crippen molar-refractivity contribution in [2.75, 3.05) is 12.3 Å². The molecule has 1 aromatic carbocycles. The number of carbonyl (C=O) groups is 1. The van der Waals surface area contributed by atoms with Crippen molar-refractivity contribution in [2.24, 2.45) is 4.99 Å². The summed E-state index contributed by atoms with van der Waals surface area (Å²) in [6.45, 7) is 0.740. The summed E-state index contributed by atoms with van der Waals surface area (Å²) in [5.74, 6) is 0.725. The molecule has 0 spiro atoms. The summed E-state index contributed by atoms with van der Waals surface area (Å²) in [7, 11) is 0. The molecular formula is C18H13BrN4OS. The highest BCUT2D eigenvalue weighted by Gasteiger charge is 2.17. The number of thioether (sulfide) groups is 1. The van der Waals surface area contributed by atoms with Crippen LogP contribution in [-0.2, 0) is 0 Å². The molecule has 2 aromatic heterocycles. The molecule has 1 amide bonds. The molecule has 3 heterocycles. The third kappa shape index (κ3) is 3.43. The number of rotatable bonds is 2. The molecule has 0 saturated heterocycles. The van der Waals surface area contributed by atoms with Gasteiger partial charge in [0.05, 0.1) is 23.3 Å². The number of hydrogen-bond acceptors (Lipinski definition) is 5. The average molecular weight is 413 g/mol. The Balaban J connectivity index is 1.84. The van der Waals surface area contributed by atoms with Crippen LogP contribution in [0.3, 0.4) is 0 Å². The number of nitrogens with zero attached hydrogens (tertiary/aromatic N) is 3. The van der Waals surface area contributed by atoms with Gasteiger partial charge in [-0.15, -0.1) is 0 Å². The third-order valence-electron chi connectivity index (χ3n) is 3.78. The number of hydrogen-bond donors (Lipinski definition) is 1. The van der Waals surface area contributed by atoms with E-state index < -0.39 is 0 Å². The second kappa shape index (κ2) is 6.93. The lowest BCUT2D eigenvalue weighted by atomic mass is 10.0. The quantitative estimate of drug-likeness (QED) is 0.692. The molecule has 1 aliphatic rings. The Morgan fingerprint density at radius 1 is 1.24 bits per heavy atom. The van der Waals surface area contributed by atoms with Crippen LogP contribution in [0.1, 0.15) is 10.4 Å². The molecule has 0 aliphatic carbocycles. The molecule has 0 radical (unpaired) electrons. The van der Waals surface area contributed by atoms with Crippen LogP contribution in [-0.4, -0.2) is 33.3 Å². The van der Waals surface area contributed by atoms with Crippen LogP contribution in [0.2, 0.25) is 0 Å². The van der Waals surface area contributed by atoms with E-state index in [2.05, 4.69) is 36.2 Å². The molecular weight excluding hydrogens is 400 g/mol. The van der Waals surface area contributed by atoms with Gasteiger partial charge in [0.2, 0.25) is 0 Å². The number of aromatic nitrogens is 2. The first-order valence-electron chi connectivity index (χ1n) is 7.70. The number of amidine groups is 1. The summed E-state index contributed by atoms with van der Waals surface area (Å²) in [4.78, 5) is 26.0. The number of nitrogens with one attached hydrogen (secondary N) is 1. The number of aliphatic imine (C=N–C) groups is 1. The van der Waals surface area contributed by atoms with Crippen molar-refractivity contribution in [3.63, 3.8) is 0 Å². The van der Waals surface area contributed by atoms with Crippen molar-refractivity contribution < 1.29 is 4.79 Å². The first-order chi connectivity index (χ1) is 12.2. The Labute approximate surface area is 157 Å². The van der Waals surface area contributed by atoms with E-state index in [1.54, 1.807) is 30.2 Å². The highest BCUT2D eigenvalue weighted by Crippen LogP contribution is 2.27. The molecule has 0 bridgehead atoms. The van der Waals surface area contributed by atoms with Gasteiger partial charge in [-0.25, -0.2) is 4.98 Å². The predicted octanol–water partition coefficient (Wildman–Crippen LogP) is 3.89. The Kier molecular flexibility index (Phi) is 4.50. The Morgan fingerprint density at radius 2 is 2.16 bits per heavy atom. The van der Waals surface area contributed by atoms with Crippen LogP contribution in [0.4, 0.5) is 0 Å². The van der Waals surface area contributed by atoms with Crippen LogP contribution in [0.25, 0.3) is 22.2 Å². The van der Waals surface area contributed by atoms with Crippen LogP contribution >= 0.6 is 27.7 Å². The summed E-state index contributed by atoms with van der Waals surface area (Å²) >= 11 is 5.03. The van der Waals surface area contributed by atoms with E-state index in [-0.39, 0.29) is 5.91 Å². The first kappa shape index (κ1) is 16.2. The lowest BCUT2D eigenvalue weighted by Gasteiger charge is -2.10. The maximum atomic E-state index is 12.8. The molecule has 7 heteroatoms.